The minimum absolute atomic E-state index is 0.612. The molecule has 0 bridgehead atoms. The molecule has 1 fully saturated rings. The predicted molar refractivity (Wildman–Crippen MR) is 92.9 cm³/mol. The molecule has 1 aromatic rings. The van der Waals surface area contributed by atoms with Crippen molar-refractivity contribution in [1.29, 1.82) is 0 Å². The molecular weight excluding hydrogens is 278 g/mol. The van der Waals surface area contributed by atoms with E-state index in [2.05, 4.69) is 38.2 Å². The van der Waals surface area contributed by atoms with E-state index in [1.54, 1.807) is 0 Å². The van der Waals surface area contributed by atoms with Crippen LogP contribution in [-0.2, 0) is 6.42 Å². The van der Waals surface area contributed by atoms with Crippen LogP contribution in [0.4, 0.5) is 0 Å². The van der Waals surface area contributed by atoms with Crippen molar-refractivity contribution in [3.8, 4) is 0 Å². The fourth-order valence-electron chi connectivity index (χ4n) is 3.56. The highest BCUT2D eigenvalue weighted by atomic mass is 35.5. The van der Waals surface area contributed by atoms with Gasteiger partial charge in [-0.1, -0.05) is 50.9 Å². The van der Waals surface area contributed by atoms with Gasteiger partial charge in [0.05, 0.1) is 0 Å². The quantitative estimate of drug-likeness (QED) is 0.749. The maximum atomic E-state index is 6.00. The standard InChI is InChI=1S/C19H30ClN/c1-4-11-21-19(13-16-6-9-18(20)10-7-16)17-8-5-14(2)15(3)12-17/h6-7,9-10,14-15,17,19,21H,4-5,8,11-13H2,1-3H3. The second kappa shape index (κ2) is 8.19. The van der Waals surface area contributed by atoms with E-state index >= 15 is 0 Å². The molecule has 0 heterocycles. The van der Waals surface area contributed by atoms with Crippen molar-refractivity contribution in [1.82, 2.24) is 5.32 Å². The van der Waals surface area contributed by atoms with Crippen LogP contribution in [-0.4, -0.2) is 12.6 Å². The van der Waals surface area contributed by atoms with Crippen molar-refractivity contribution in [2.45, 2.75) is 58.9 Å². The highest BCUT2D eigenvalue weighted by Gasteiger charge is 2.29. The predicted octanol–water partition coefficient (Wildman–Crippen LogP) is 5.32. The third-order valence-electron chi connectivity index (χ3n) is 5.23. The number of hydrogen-bond acceptors (Lipinski definition) is 1. The summed E-state index contributed by atoms with van der Waals surface area (Å²) in [6, 6.07) is 9.00. The van der Waals surface area contributed by atoms with Gasteiger partial charge in [-0.15, -0.1) is 0 Å². The maximum Gasteiger partial charge on any atom is 0.0406 e. The van der Waals surface area contributed by atoms with Crippen LogP contribution >= 0.6 is 11.6 Å². The third kappa shape index (κ3) is 5.00. The molecule has 1 saturated carbocycles. The molecule has 1 N–H and O–H groups in total. The van der Waals surface area contributed by atoms with Gasteiger partial charge in [0.2, 0.25) is 0 Å². The minimum atomic E-state index is 0.612. The van der Waals surface area contributed by atoms with Crippen LogP contribution in [0.3, 0.4) is 0 Å². The topological polar surface area (TPSA) is 12.0 Å². The zero-order valence-electron chi connectivity index (χ0n) is 13.7. The lowest BCUT2D eigenvalue weighted by molar-refractivity contribution is 0.170. The van der Waals surface area contributed by atoms with Gasteiger partial charge in [0, 0.05) is 11.1 Å². The summed E-state index contributed by atoms with van der Waals surface area (Å²) >= 11 is 6.00. The molecule has 1 aliphatic rings. The summed E-state index contributed by atoms with van der Waals surface area (Å²) in [5, 5.41) is 4.64. The van der Waals surface area contributed by atoms with Crippen LogP contribution in [0.15, 0.2) is 24.3 Å². The zero-order valence-corrected chi connectivity index (χ0v) is 14.5. The smallest absolute Gasteiger partial charge is 0.0406 e. The first kappa shape index (κ1) is 16.8. The number of hydrogen-bond donors (Lipinski definition) is 1. The Morgan fingerprint density at radius 3 is 2.48 bits per heavy atom. The van der Waals surface area contributed by atoms with Crippen LogP contribution in [0.25, 0.3) is 0 Å². The van der Waals surface area contributed by atoms with Crippen LogP contribution in [0.2, 0.25) is 5.02 Å². The van der Waals surface area contributed by atoms with E-state index in [0.717, 1.165) is 35.7 Å². The summed E-state index contributed by atoms with van der Waals surface area (Å²) < 4.78 is 0. The maximum absolute atomic E-state index is 6.00. The highest BCUT2D eigenvalue weighted by Crippen LogP contribution is 2.35. The lowest BCUT2D eigenvalue weighted by Gasteiger charge is -2.37. The largest absolute Gasteiger partial charge is 0.313 e. The fraction of sp³-hybridized carbons (Fsp3) is 0.684. The Labute approximate surface area is 135 Å². The normalized spacial score (nSPS) is 27.5. The zero-order chi connectivity index (χ0) is 15.2. The van der Waals surface area contributed by atoms with Crippen LogP contribution in [0.1, 0.15) is 52.0 Å². The summed E-state index contributed by atoms with van der Waals surface area (Å²) in [5.74, 6) is 2.57. The lowest BCUT2D eigenvalue weighted by atomic mass is 9.72. The van der Waals surface area contributed by atoms with Gasteiger partial charge >= 0.3 is 0 Å². The molecule has 0 spiro atoms. The first-order valence-electron chi connectivity index (χ1n) is 8.58. The molecule has 0 aromatic heterocycles. The number of rotatable bonds is 6. The second-order valence-electron chi connectivity index (χ2n) is 6.92. The molecule has 1 aromatic carbocycles. The van der Waals surface area contributed by atoms with Crippen LogP contribution in [0, 0.1) is 17.8 Å². The van der Waals surface area contributed by atoms with E-state index in [1.807, 2.05) is 12.1 Å². The molecule has 0 saturated heterocycles. The molecule has 0 aliphatic heterocycles. The summed E-state index contributed by atoms with van der Waals surface area (Å²) in [6.07, 6.45) is 6.46. The van der Waals surface area contributed by atoms with Gasteiger partial charge in [-0.05, 0) is 67.7 Å². The van der Waals surface area contributed by atoms with Crippen LogP contribution < -0.4 is 5.32 Å². The number of benzene rings is 1. The Bertz CT molecular complexity index is 414. The van der Waals surface area contributed by atoms with Gasteiger partial charge in [-0.3, -0.25) is 0 Å². The summed E-state index contributed by atoms with van der Waals surface area (Å²) in [6.45, 7) is 8.21. The average molecular weight is 308 g/mol. The van der Waals surface area contributed by atoms with Crippen LogP contribution in [0.5, 0.6) is 0 Å². The number of nitrogens with one attached hydrogen (secondary N) is 1. The first-order valence-corrected chi connectivity index (χ1v) is 8.95. The molecule has 0 radical (unpaired) electrons. The van der Waals surface area contributed by atoms with Gasteiger partial charge in [0.15, 0.2) is 0 Å². The van der Waals surface area contributed by atoms with E-state index in [1.165, 1.54) is 31.2 Å². The summed E-state index contributed by atoms with van der Waals surface area (Å²) in [7, 11) is 0. The van der Waals surface area contributed by atoms with Crippen molar-refractivity contribution in [3.05, 3.63) is 34.9 Å². The van der Waals surface area contributed by atoms with E-state index in [9.17, 15) is 0 Å². The van der Waals surface area contributed by atoms with Gasteiger partial charge in [0.1, 0.15) is 0 Å². The van der Waals surface area contributed by atoms with Gasteiger partial charge in [-0.25, -0.2) is 0 Å². The second-order valence-corrected chi connectivity index (χ2v) is 7.36. The average Bonchev–Trinajstić information content (AvgIpc) is 2.48. The minimum Gasteiger partial charge on any atom is -0.313 e. The molecule has 4 atom stereocenters. The van der Waals surface area contributed by atoms with E-state index in [-0.39, 0.29) is 0 Å². The Hall–Kier alpha value is -0.530. The van der Waals surface area contributed by atoms with E-state index < -0.39 is 0 Å². The molecular formula is C19H30ClN. The Balaban J connectivity index is 2.01. The molecule has 2 heteroatoms. The fourth-order valence-corrected chi connectivity index (χ4v) is 3.69. The van der Waals surface area contributed by atoms with E-state index in [0.29, 0.717) is 6.04 Å². The molecule has 0 amide bonds. The lowest BCUT2D eigenvalue weighted by Crippen LogP contribution is -2.41. The van der Waals surface area contributed by atoms with Gasteiger partial charge < -0.3 is 5.32 Å². The Morgan fingerprint density at radius 2 is 1.86 bits per heavy atom. The van der Waals surface area contributed by atoms with Crippen molar-refractivity contribution in [2.24, 2.45) is 17.8 Å². The Kier molecular flexibility index (Phi) is 6.57. The molecule has 118 valence electrons. The summed E-state index contributed by atoms with van der Waals surface area (Å²) in [5.41, 5.74) is 1.40. The van der Waals surface area contributed by atoms with Crippen molar-refractivity contribution in [3.63, 3.8) is 0 Å². The third-order valence-corrected chi connectivity index (χ3v) is 5.49. The summed E-state index contributed by atoms with van der Waals surface area (Å²) in [4.78, 5) is 0. The highest BCUT2D eigenvalue weighted by molar-refractivity contribution is 6.30. The monoisotopic (exact) mass is 307 g/mol. The van der Waals surface area contributed by atoms with Crippen molar-refractivity contribution >= 4 is 11.6 Å². The molecule has 1 nitrogen and oxygen atoms in total. The Morgan fingerprint density at radius 1 is 1.14 bits per heavy atom. The number of halogens is 1. The van der Waals surface area contributed by atoms with Gasteiger partial charge in [0.25, 0.3) is 0 Å². The molecule has 1 aliphatic carbocycles. The van der Waals surface area contributed by atoms with E-state index in [4.69, 9.17) is 11.6 Å². The molecule has 2 rings (SSSR count). The molecule has 21 heavy (non-hydrogen) atoms. The SMILES string of the molecule is CCCNC(Cc1ccc(Cl)cc1)C1CCC(C)C(C)C1. The van der Waals surface area contributed by atoms with Gasteiger partial charge in [-0.2, -0.15) is 0 Å². The molecule has 4 unspecified atom stereocenters. The van der Waals surface area contributed by atoms with Crippen molar-refractivity contribution in [2.75, 3.05) is 6.54 Å². The van der Waals surface area contributed by atoms with Crippen molar-refractivity contribution < 1.29 is 0 Å². The first-order chi connectivity index (χ1) is 10.1.